The van der Waals surface area contributed by atoms with Crippen molar-refractivity contribution in [2.24, 2.45) is 12.0 Å². The van der Waals surface area contributed by atoms with Crippen molar-refractivity contribution >= 4 is 41.3 Å². The van der Waals surface area contributed by atoms with Crippen molar-refractivity contribution in [3.63, 3.8) is 0 Å². The van der Waals surface area contributed by atoms with E-state index >= 15 is 0 Å². The third kappa shape index (κ3) is 5.67. The van der Waals surface area contributed by atoms with Crippen molar-refractivity contribution in [2.45, 2.75) is 58.7 Å². The van der Waals surface area contributed by atoms with Gasteiger partial charge in [-0.05, 0) is 38.8 Å². The molecule has 2 aromatic rings. The fraction of sp³-hybridized carbons (Fsp3) is 0.588. The van der Waals surface area contributed by atoms with Gasteiger partial charge in [-0.2, -0.15) is 0 Å². The molecule has 6 nitrogen and oxygen atoms in total. The molecule has 2 heterocycles. The smallest absolute Gasteiger partial charge is 0.192 e. The maximum absolute atomic E-state index is 4.73. The Morgan fingerprint density at radius 1 is 1.28 bits per heavy atom. The zero-order chi connectivity index (χ0) is 16.9. The monoisotopic (exact) mass is 474 g/mol. The molecule has 0 saturated heterocycles. The first-order valence-electron chi connectivity index (χ1n) is 8.57. The number of aliphatic imine (C=N–C) groups is 1. The van der Waals surface area contributed by atoms with Gasteiger partial charge in [0.2, 0.25) is 0 Å². The summed E-state index contributed by atoms with van der Waals surface area (Å²) >= 11 is 1.82. The highest BCUT2D eigenvalue weighted by Crippen LogP contribution is 2.18. The van der Waals surface area contributed by atoms with Crippen LogP contribution in [0.15, 0.2) is 17.1 Å². The molecule has 0 amide bonds. The molecule has 1 fully saturated rings. The van der Waals surface area contributed by atoms with Crippen molar-refractivity contribution in [3.8, 4) is 0 Å². The third-order valence-electron chi connectivity index (χ3n) is 4.48. The second kappa shape index (κ2) is 9.51. The number of hydrogen-bond donors (Lipinski definition) is 2. The van der Waals surface area contributed by atoms with Crippen LogP contribution in [0.5, 0.6) is 0 Å². The van der Waals surface area contributed by atoms with Crippen molar-refractivity contribution in [2.75, 3.05) is 0 Å². The molecule has 3 rings (SSSR count). The van der Waals surface area contributed by atoms with Crippen LogP contribution in [-0.4, -0.2) is 26.8 Å². The van der Waals surface area contributed by atoms with E-state index in [1.54, 1.807) is 0 Å². The molecule has 25 heavy (non-hydrogen) atoms. The van der Waals surface area contributed by atoms with Crippen molar-refractivity contribution < 1.29 is 0 Å². The van der Waals surface area contributed by atoms with Crippen LogP contribution in [0.25, 0.3) is 0 Å². The Morgan fingerprint density at radius 3 is 2.64 bits per heavy atom. The fourth-order valence-electron chi connectivity index (χ4n) is 2.91. The number of thiophene rings is 1. The van der Waals surface area contributed by atoms with E-state index in [-0.39, 0.29) is 24.0 Å². The molecule has 2 N–H and O–H groups in total. The first-order chi connectivity index (χ1) is 11.6. The lowest BCUT2D eigenvalue weighted by Gasteiger charge is -2.17. The summed E-state index contributed by atoms with van der Waals surface area (Å²) in [6, 6.07) is 4.86. The van der Waals surface area contributed by atoms with E-state index in [9.17, 15) is 0 Å². The van der Waals surface area contributed by atoms with Crippen molar-refractivity contribution in [1.29, 1.82) is 0 Å². The molecule has 1 aliphatic carbocycles. The minimum absolute atomic E-state index is 0. The largest absolute Gasteiger partial charge is 0.354 e. The maximum atomic E-state index is 4.73. The fourth-order valence-corrected chi connectivity index (χ4v) is 3.74. The Labute approximate surface area is 170 Å². The van der Waals surface area contributed by atoms with Gasteiger partial charge in [0.25, 0.3) is 0 Å². The number of halogens is 1. The van der Waals surface area contributed by atoms with E-state index in [0.717, 1.165) is 24.2 Å². The highest BCUT2D eigenvalue weighted by Gasteiger charge is 2.16. The number of aromatic nitrogens is 3. The van der Waals surface area contributed by atoms with Crippen LogP contribution < -0.4 is 10.6 Å². The molecule has 1 saturated carbocycles. The molecule has 0 atom stereocenters. The number of nitrogens with zero attached hydrogens (tertiary/aromatic N) is 4. The van der Waals surface area contributed by atoms with E-state index in [0.29, 0.717) is 12.6 Å². The van der Waals surface area contributed by atoms with Gasteiger partial charge in [-0.1, -0.05) is 12.8 Å². The van der Waals surface area contributed by atoms with E-state index in [1.165, 1.54) is 35.4 Å². The van der Waals surface area contributed by atoms with E-state index in [2.05, 4.69) is 39.9 Å². The standard InChI is InChI=1S/C17H26N6S.HI/c1-12-8-9-15(24-12)10-18-17(20-14-6-4-5-7-14)19-11-16-22-21-13(2)23(16)3;/h8-9,14H,4-7,10-11H2,1-3H3,(H2,18,19,20);1H. The highest BCUT2D eigenvalue weighted by molar-refractivity contribution is 14.0. The Kier molecular flexibility index (Phi) is 7.67. The summed E-state index contributed by atoms with van der Waals surface area (Å²) in [5.74, 6) is 2.66. The molecular formula is C17H27IN6S. The lowest BCUT2D eigenvalue weighted by molar-refractivity contribution is 0.610. The van der Waals surface area contributed by atoms with Gasteiger partial charge in [0.15, 0.2) is 11.8 Å². The molecule has 2 aromatic heterocycles. The Hall–Kier alpha value is -1.16. The highest BCUT2D eigenvalue weighted by atomic mass is 127. The van der Waals surface area contributed by atoms with Gasteiger partial charge >= 0.3 is 0 Å². The zero-order valence-electron chi connectivity index (χ0n) is 15.1. The molecule has 0 unspecified atom stereocenters. The molecule has 0 bridgehead atoms. The molecular weight excluding hydrogens is 447 g/mol. The Balaban J connectivity index is 0.00000225. The van der Waals surface area contributed by atoms with Gasteiger partial charge in [0.05, 0.1) is 6.54 Å². The quantitative estimate of drug-likeness (QED) is 0.397. The SMILES string of the molecule is Cc1ccc(CNC(=NCc2nnc(C)n2C)NC2CCCC2)s1.I. The lowest BCUT2D eigenvalue weighted by atomic mass is 10.2. The van der Waals surface area contributed by atoms with Gasteiger partial charge in [-0.15, -0.1) is 45.5 Å². The number of aryl methyl sites for hydroxylation is 2. The summed E-state index contributed by atoms with van der Waals surface area (Å²) in [6.45, 7) is 5.42. The summed E-state index contributed by atoms with van der Waals surface area (Å²) in [5.41, 5.74) is 0. The molecule has 0 radical (unpaired) electrons. The van der Waals surface area contributed by atoms with E-state index in [4.69, 9.17) is 4.99 Å². The summed E-state index contributed by atoms with van der Waals surface area (Å²) in [7, 11) is 1.98. The number of rotatable bonds is 5. The molecule has 8 heteroatoms. The van der Waals surface area contributed by atoms with Gasteiger partial charge < -0.3 is 15.2 Å². The normalized spacial score (nSPS) is 15.2. The molecule has 138 valence electrons. The third-order valence-corrected chi connectivity index (χ3v) is 5.48. The van der Waals surface area contributed by atoms with E-state index in [1.807, 2.05) is 29.9 Å². The minimum Gasteiger partial charge on any atom is -0.354 e. The molecule has 1 aliphatic rings. The second-order valence-electron chi connectivity index (χ2n) is 6.38. The first-order valence-corrected chi connectivity index (χ1v) is 9.38. The summed E-state index contributed by atoms with van der Waals surface area (Å²) in [4.78, 5) is 7.39. The molecule has 0 aliphatic heterocycles. The van der Waals surface area contributed by atoms with Crippen LogP contribution in [0.1, 0.15) is 47.1 Å². The summed E-state index contributed by atoms with van der Waals surface area (Å²) in [5, 5.41) is 15.3. The first kappa shape index (κ1) is 20.2. The second-order valence-corrected chi connectivity index (χ2v) is 7.75. The predicted octanol–water partition coefficient (Wildman–Crippen LogP) is 3.29. The maximum Gasteiger partial charge on any atom is 0.192 e. The lowest BCUT2D eigenvalue weighted by Crippen LogP contribution is -2.42. The van der Waals surface area contributed by atoms with Crippen molar-refractivity contribution in [3.05, 3.63) is 33.5 Å². The zero-order valence-corrected chi connectivity index (χ0v) is 18.2. The van der Waals surface area contributed by atoms with Crippen LogP contribution in [0.2, 0.25) is 0 Å². The number of nitrogens with one attached hydrogen (secondary N) is 2. The average Bonchev–Trinajstić information content (AvgIpc) is 3.28. The number of hydrogen-bond acceptors (Lipinski definition) is 4. The summed E-state index contributed by atoms with van der Waals surface area (Å²) < 4.78 is 1.99. The Morgan fingerprint density at radius 2 is 2.04 bits per heavy atom. The van der Waals surface area contributed by atoms with Gasteiger partial charge in [-0.3, -0.25) is 0 Å². The van der Waals surface area contributed by atoms with Crippen LogP contribution in [0.3, 0.4) is 0 Å². The number of guanidine groups is 1. The van der Waals surface area contributed by atoms with Crippen LogP contribution in [0.4, 0.5) is 0 Å². The topological polar surface area (TPSA) is 67.1 Å². The molecule has 0 aromatic carbocycles. The van der Waals surface area contributed by atoms with Crippen LogP contribution >= 0.6 is 35.3 Å². The molecule has 0 spiro atoms. The van der Waals surface area contributed by atoms with Crippen LogP contribution in [-0.2, 0) is 20.1 Å². The van der Waals surface area contributed by atoms with Crippen LogP contribution in [0, 0.1) is 13.8 Å². The Bertz CT molecular complexity index is 702. The minimum atomic E-state index is 0. The summed E-state index contributed by atoms with van der Waals surface area (Å²) in [6.07, 6.45) is 5.05. The van der Waals surface area contributed by atoms with Gasteiger partial charge in [0, 0.05) is 22.8 Å². The average molecular weight is 474 g/mol. The predicted molar refractivity (Wildman–Crippen MR) is 114 cm³/mol. The van der Waals surface area contributed by atoms with Gasteiger partial charge in [0.1, 0.15) is 12.4 Å². The van der Waals surface area contributed by atoms with Gasteiger partial charge in [-0.25, -0.2) is 4.99 Å². The van der Waals surface area contributed by atoms with E-state index < -0.39 is 0 Å². The van der Waals surface area contributed by atoms with Crippen molar-refractivity contribution in [1.82, 2.24) is 25.4 Å².